The highest BCUT2D eigenvalue weighted by molar-refractivity contribution is 6.03. The van der Waals surface area contributed by atoms with E-state index in [1.54, 1.807) is 12.3 Å². The molecular formula is C30H35FN2O3. The average molecular weight is 491 g/mol. The summed E-state index contributed by atoms with van der Waals surface area (Å²) in [6.07, 6.45) is 6.49. The van der Waals surface area contributed by atoms with Crippen molar-refractivity contribution >= 4 is 17.5 Å². The molecule has 1 heterocycles. The van der Waals surface area contributed by atoms with Gasteiger partial charge in [-0.1, -0.05) is 39.0 Å². The average Bonchev–Trinajstić information content (AvgIpc) is 3.09. The number of aliphatic hydroxyl groups excluding tert-OH is 1. The first kappa shape index (κ1) is 24.7. The van der Waals surface area contributed by atoms with Gasteiger partial charge in [0.15, 0.2) is 5.78 Å². The zero-order valence-electron chi connectivity index (χ0n) is 21.3. The van der Waals surface area contributed by atoms with E-state index in [0.717, 1.165) is 35.8 Å². The molecule has 0 radical (unpaired) electrons. The van der Waals surface area contributed by atoms with Gasteiger partial charge in [0.2, 0.25) is 5.91 Å². The summed E-state index contributed by atoms with van der Waals surface area (Å²) in [5.41, 5.74) is 2.89. The molecule has 2 N–H and O–H groups in total. The van der Waals surface area contributed by atoms with E-state index in [0.29, 0.717) is 36.6 Å². The van der Waals surface area contributed by atoms with Crippen LogP contribution in [0.3, 0.4) is 0 Å². The number of nitrogens with zero attached hydrogens (tertiary/aromatic N) is 1. The zero-order valence-corrected chi connectivity index (χ0v) is 21.3. The number of ketones is 1. The summed E-state index contributed by atoms with van der Waals surface area (Å²) in [6, 6.07) is 9.13. The van der Waals surface area contributed by atoms with Crippen LogP contribution in [0.2, 0.25) is 0 Å². The summed E-state index contributed by atoms with van der Waals surface area (Å²) in [6.45, 7) is 6.21. The van der Waals surface area contributed by atoms with Crippen LogP contribution < -0.4 is 5.32 Å². The lowest BCUT2D eigenvalue weighted by atomic mass is 9.54. The number of aliphatic hydroxyl groups is 1. The van der Waals surface area contributed by atoms with Crippen molar-refractivity contribution in [3.05, 3.63) is 70.9 Å². The third-order valence-corrected chi connectivity index (χ3v) is 9.13. The van der Waals surface area contributed by atoms with E-state index in [-0.39, 0.29) is 47.6 Å². The predicted octanol–water partition coefficient (Wildman–Crippen LogP) is 6.47. The third kappa shape index (κ3) is 4.04. The quantitative estimate of drug-likeness (QED) is 0.372. The lowest BCUT2D eigenvalue weighted by Crippen LogP contribution is -2.44. The molecule has 5 atom stereocenters. The standard InChI is InChI=1S/C30H35FN2O3/c1-17(2)18-7-11-26(32-15-18)33-27(35)12-10-23-24(16-34)29(36)30(3)14-13-20-19-5-4-6-25(31)21(19)8-9-22(20)28(23)30/h4-7,11,15-17,20,22-23,28,34H,8-10,12-14H2,1-3H3,(H,32,33,35)/b24-16-/t20?,22?,23-,28?,30+/m1/s1. The van der Waals surface area contributed by atoms with E-state index in [9.17, 15) is 19.1 Å². The number of fused-ring (bicyclic) bond motifs is 5. The number of benzene rings is 1. The van der Waals surface area contributed by atoms with E-state index in [1.165, 1.54) is 6.07 Å². The van der Waals surface area contributed by atoms with E-state index >= 15 is 0 Å². The SMILES string of the molecule is CC(C)c1ccc(NC(=O)CC[C@@H]2/C(=C/O)C(=O)[C@@]3(C)CCC4c5cccc(F)c5CCC4C23)nc1. The number of allylic oxidation sites excluding steroid dienone is 1. The Kier molecular flexibility index (Phi) is 6.48. The largest absolute Gasteiger partial charge is 0.515 e. The molecule has 190 valence electrons. The van der Waals surface area contributed by atoms with Crippen LogP contribution in [0, 0.1) is 29.0 Å². The Labute approximate surface area is 212 Å². The van der Waals surface area contributed by atoms with Gasteiger partial charge in [-0.2, -0.15) is 0 Å². The van der Waals surface area contributed by atoms with Crippen LogP contribution in [0.25, 0.3) is 0 Å². The molecule has 2 aromatic rings. The molecule has 5 nitrogen and oxygen atoms in total. The van der Waals surface area contributed by atoms with Crippen LogP contribution in [-0.4, -0.2) is 21.8 Å². The maximum absolute atomic E-state index is 14.5. The van der Waals surface area contributed by atoms with Gasteiger partial charge >= 0.3 is 0 Å². The Morgan fingerprint density at radius 1 is 1.28 bits per heavy atom. The lowest BCUT2D eigenvalue weighted by Gasteiger charge is -2.49. The molecule has 2 saturated carbocycles. The Morgan fingerprint density at radius 3 is 2.78 bits per heavy atom. The highest BCUT2D eigenvalue weighted by Crippen LogP contribution is 2.63. The van der Waals surface area contributed by atoms with Gasteiger partial charge in [-0.05, 0) is 90.5 Å². The van der Waals surface area contributed by atoms with Crippen molar-refractivity contribution in [3.63, 3.8) is 0 Å². The highest BCUT2D eigenvalue weighted by Gasteiger charge is 2.60. The number of aromatic nitrogens is 1. The number of carbonyl (C=O) groups is 2. The molecule has 36 heavy (non-hydrogen) atoms. The second kappa shape index (κ2) is 9.45. The van der Waals surface area contributed by atoms with Gasteiger partial charge in [-0.25, -0.2) is 9.37 Å². The Hall–Kier alpha value is -3.02. The maximum Gasteiger partial charge on any atom is 0.225 e. The molecule has 2 fully saturated rings. The maximum atomic E-state index is 14.5. The van der Waals surface area contributed by atoms with Crippen molar-refractivity contribution in [3.8, 4) is 0 Å². The fourth-order valence-electron chi connectivity index (χ4n) is 7.32. The molecule has 0 saturated heterocycles. The van der Waals surface area contributed by atoms with Crippen LogP contribution in [0.4, 0.5) is 10.2 Å². The summed E-state index contributed by atoms with van der Waals surface area (Å²) >= 11 is 0. The van der Waals surface area contributed by atoms with Crippen LogP contribution in [-0.2, 0) is 16.0 Å². The molecule has 0 spiro atoms. The van der Waals surface area contributed by atoms with Gasteiger partial charge in [0.1, 0.15) is 11.6 Å². The Morgan fingerprint density at radius 2 is 2.08 bits per heavy atom. The van der Waals surface area contributed by atoms with Crippen LogP contribution in [0.15, 0.2) is 48.4 Å². The zero-order chi connectivity index (χ0) is 25.6. The van der Waals surface area contributed by atoms with Crippen molar-refractivity contribution in [1.29, 1.82) is 0 Å². The minimum atomic E-state index is -0.560. The van der Waals surface area contributed by atoms with Crippen molar-refractivity contribution in [2.75, 3.05) is 5.32 Å². The van der Waals surface area contributed by atoms with E-state index in [4.69, 9.17) is 0 Å². The predicted molar refractivity (Wildman–Crippen MR) is 137 cm³/mol. The monoisotopic (exact) mass is 490 g/mol. The number of hydrogen-bond donors (Lipinski definition) is 2. The number of hydrogen-bond acceptors (Lipinski definition) is 4. The molecule has 6 heteroatoms. The summed E-state index contributed by atoms with van der Waals surface area (Å²) in [5, 5.41) is 13.0. The fourth-order valence-corrected chi connectivity index (χ4v) is 7.32. The first-order valence-electron chi connectivity index (χ1n) is 13.2. The molecule has 1 aromatic carbocycles. The molecular weight excluding hydrogens is 455 g/mol. The number of nitrogens with one attached hydrogen (secondary N) is 1. The molecule has 1 amide bonds. The topological polar surface area (TPSA) is 79.3 Å². The molecule has 1 aromatic heterocycles. The number of Topliss-reactive ketones (excluding diaryl/α,β-unsaturated/α-hetero) is 1. The van der Waals surface area contributed by atoms with Gasteiger partial charge < -0.3 is 10.4 Å². The van der Waals surface area contributed by atoms with Gasteiger partial charge in [0.05, 0.1) is 6.26 Å². The number of pyridine rings is 1. The number of amides is 1. The minimum Gasteiger partial charge on any atom is -0.515 e. The second-order valence-electron chi connectivity index (χ2n) is 11.3. The number of anilines is 1. The number of rotatable bonds is 5. The molecule has 3 aliphatic rings. The van der Waals surface area contributed by atoms with Crippen molar-refractivity contribution < 1.29 is 19.1 Å². The smallest absolute Gasteiger partial charge is 0.225 e. The Bertz CT molecular complexity index is 1210. The summed E-state index contributed by atoms with van der Waals surface area (Å²) < 4.78 is 14.5. The van der Waals surface area contributed by atoms with Gasteiger partial charge in [-0.3, -0.25) is 9.59 Å². The van der Waals surface area contributed by atoms with E-state index in [1.807, 2.05) is 25.1 Å². The fraction of sp³-hybridized carbons (Fsp3) is 0.500. The van der Waals surface area contributed by atoms with Crippen molar-refractivity contribution in [2.24, 2.45) is 23.2 Å². The lowest BCUT2D eigenvalue weighted by molar-refractivity contribution is -0.127. The summed E-state index contributed by atoms with van der Waals surface area (Å²) in [4.78, 5) is 30.7. The van der Waals surface area contributed by atoms with Gasteiger partial charge in [0, 0.05) is 23.6 Å². The number of halogens is 1. The van der Waals surface area contributed by atoms with E-state index < -0.39 is 5.41 Å². The third-order valence-electron chi connectivity index (χ3n) is 9.13. The summed E-state index contributed by atoms with van der Waals surface area (Å²) in [5.74, 6) is 0.844. The number of carbonyl (C=O) groups excluding carboxylic acids is 2. The van der Waals surface area contributed by atoms with Crippen LogP contribution in [0.5, 0.6) is 0 Å². The molecule has 0 bridgehead atoms. The van der Waals surface area contributed by atoms with Crippen LogP contribution in [0.1, 0.15) is 81.4 Å². The van der Waals surface area contributed by atoms with Crippen molar-refractivity contribution in [1.82, 2.24) is 4.98 Å². The molecule has 3 aliphatic carbocycles. The summed E-state index contributed by atoms with van der Waals surface area (Å²) in [7, 11) is 0. The molecule has 0 aliphatic heterocycles. The second-order valence-corrected chi connectivity index (χ2v) is 11.3. The minimum absolute atomic E-state index is 0.00911. The highest BCUT2D eigenvalue weighted by atomic mass is 19.1. The first-order chi connectivity index (χ1) is 17.2. The van der Waals surface area contributed by atoms with E-state index in [2.05, 4.69) is 24.1 Å². The molecule has 3 unspecified atom stereocenters. The first-order valence-corrected chi connectivity index (χ1v) is 13.2. The Balaban J connectivity index is 1.36. The van der Waals surface area contributed by atoms with Crippen LogP contribution >= 0.6 is 0 Å². The van der Waals surface area contributed by atoms with Crippen molar-refractivity contribution in [2.45, 2.75) is 71.1 Å². The normalized spacial score (nSPS) is 30.1. The molecule has 5 rings (SSSR count). The van der Waals surface area contributed by atoms with Gasteiger partial charge in [-0.15, -0.1) is 0 Å². The van der Waals surface area contributed by atoms with Gasteiger partial charge in [0.25, 0.3) is 0 Å².